The van der Waals surface area contributed by atoms with Crippen molar-refractivity contribution in [2.75, 3.05) is 18.2 Å². The maximum Gasteiger partial charge on any atom is 0.137 e. The van der Waals surface area contributed by atoms with Crippen LogP contribution in [0.5, 0.6) is 0 Å². The van der Waals surface area contributed by atoms with Crippen molar-refractivity contribution in [1.29, 1.82) is 0 Å². The molecule has 3 nitrogen and oxygen atoms in total. The molecule has 0 radical (unpaired) electrons. The maximum atomic E-state index is 4.27. The summed E-state index contributed by atoms with van der Waals surface area (Å²) in [7, 11) is 2.00. The van der Waals surface area contributed by atoms with Crippen molar-refractivity contribution in [3.8, 4) is 0 Å². The molecule has 0 atom stereocenters. The van der Waals surface area contributed by atoms with Gasteiger partial charge in [-0.25, -0.2) is 9.97 Å². The minimum Gasteiger partial charge on any atom is -0.329 e. The van der Waals surface area contributed by atoms with Crippen LogP contribution in [0.15, 0.2) is 47.8 Å². The molecule has 0 aliphatic carbocycles. The van der Waals surface area contributed by atoms with Crippen molar-refractivity contribution in [2.45, 2.75) is 5.03 Å². The number of rotatable bonds is 3. The van der Waals surface area contributed by atoms with Gasteiger partial charge in [-0.1, -0.05) is 18.2 Å². The number of anilines is 2. The predicted octanol–water partition coefficient (Wildman–Crippen LogP) is 2.97. The molecule has 1 heterocycles. The summed E-state index contributed by atoms with van der Waals surface area (Å²) in [5, 5.41) is 0.979. The maximum absolute atomic E-state index is 4.27. The topological polar surface area (TPSA) is 29.0 Å². The number of nitrogens with zero attached hydrogens (tertiary/aromatic N) is 3. The number of benzene rings is 1. The Morgan fingerprint density at radius 3 is 2.56 bits per heavy atom. The van der Waals surface area contributed by atoms with Crippen molar-refractivity contribution < 1.29 is 0 Å². The molecule has 0 aliphatic heterocycles. The Morgan fingerprint density at radius 2 is 1.88 bits per heavy atom. The van der Waals surface area contributed by atoms with E-state index in [2.05, 4.69) is 22.1 Å². The molecule has 0 spiro atoms. The largest absolute Gasteiger partial charge is 0.329 e. The fourth-order valence-electron chi connectivity index (χ4n) is 1.41. The summed E-state index contributed by atoms with van der Waals surface area (Å²) in [6, 6.07) is 12.1. The Kier molecular flexibility index (Phi) is 3.41. The minimum absolute atomic E-state index is 0.908. The zero-order valence-electron chi connectivity index (χ0n) is 9.29. The average molecular weight is 231 g/mol. The molecule has 0 fully saturated rings. The predicted molar refractivity (Wildman–Crippen MR) is 68.3 cm³/mol. The highest BCUT2D eigenvalue weighted by molar-refractivity contribution is 7.98. The van der Waals surface area contributed by atoms with Gasteiger partial charge in [-0.3, -0.25) is 0 Å². The van der Waals surface area contributed by atoms with Crippen LogP contribution in [0.4, 0.5) is 11.5 Å². The first kappa shape index (κ1) is 11.0. The monoisotopic (exact) mass is 231 g/mol. The number of para-hydroxylation sites is 1. The molecule has 0 unspecified atom stereocenters. The summed E-state index contributed by atoms with van der Waals surface area (Å²) >= 11 is 1.62. The van der Waals surface area contributed by atoms with E-state index < -0.39 is 0 Å². The Balaban J connectivity index is 2.30. The molecule has 0 N–H and O–H groups in total. The molecule has 0 aliphatic rings. The van der Waals surface area contributed by atoms with Crippen LogP contribution in [-0.2, 0) is 0 Å². The average Bonchev–Trinajstić information content (AvgIpc) is 2.39. The number of aromatic nitrogens is 2. The van der Waals surface area contributed by atoms with Gasteiger partial charge >= 0.3 is 0 Å². The van der Waals surface area contributed by atoms with E-state index in [0.29, 0.717) is 0 Å². The van der Waals surface area contributed by atoms with Crippen LogP contribution in [-0.4, -0.2) is 23.3 Å². The third kappa shape index (κ3) is 2.33. The zero-order valence-corrected chi connectivity index (χ0v) is 10.1. The Hall–Kier alpha value is -1.55. The number of thioether (sulfide) groups is 1. The molecule has 2 rings (SSSR count). The fraction of sp³-hybridized carbons (Fsp3) is 0.167. The van der Waals surface area contributed by atoms with E-state index in [9.17, 15) is 0 Å². The lowest BCUT2D eigenvalue weighted by atomic mass is 10.3. The molecule has 4 heteroatoms. The summed E-state index contributed by atoms with van der Waals surface area (Å²) < 4.78 is 0. The van der Waals surface area contributed by atoms with Crippen LogP contribution in [0.1, 0.15) is 0 Å². The second-order valence-electron chi connectivity index (χ2n) is 3.31. The lowest BCUT2D eigenvalue weighted by Crippen LogP contribution is -2.11. The molecule has 1 aromatic heterocycles. The zero-order chi connectivity index (χ0) is 11.4. The van der Waals surface area contributed by atoms with Crippen molar-refractivity contribution in [3.05, 3.63) is 42.7 Å². The molecule has 16 heavy (non-hydrogen) atoms. The smallest absolute Gasteiger partial charge is 0.137 e. The summed E-state index contributed by atoms with van der Waals surface area (Å²) in [6.45, 7) is 0. The first-order valence-corrected chi connectivity index (χ1v) is 6.18. The molecule has 0 saturated carbocycles. The summed E-state index contributed by atoms with van der Waals surface area (Å²) in [5.74, 6) is 0.908. The van der Waals surface area contributed by atoms with E-state index in [4.69, 9.17) is 0 Å². The Labute approximate surface area is 99.5 Å². The van der Waals surface area contributed by atoms with Crippen molar-refractivity contribution >= 4 is 23.3 Å². The van der Waals surface area contributed by atoms with E-state index in [-0.39, 0.29) is 0 Å². The second kappa shape index (κ2) is 4.99. The molecule has 2 aromatic rings. The van der Waals surface area contributed by atoms with Gasteiger partial charge in [0.1, 0.15) is 17.2 Å². The lowest BCUT2D eigenvalue weighted by Gasteiger charge is -2.18. The van der Waals surface area contributed by atoms with Gasteiger partial charge in [0.15, 0.2) is 0 Å². The lowest BCUT2D eigenvalue weighted by molar-refractivity contribution is 1.01. The van der Waals surface area contributed by atoms with Gasteiger partial charge in [-0.05, 0) is 18.4 Å². The molecule has 0 bridgehead atoms. The molecular weight excluding hydrogens is 218 g/mol. The highest BCUT2D eigenvalue weighted by Crippen LogP contribution is 2.23. The van der Waals surface area contributed by atoms with Crippen molar-refractivity contribution in [1.82, 2.24) is 9.97 Å². The highest BCUT2D eigenvalue weighted by Gasteiger charge is 2.05. The van der Waals surface area contributed by atoms with Crippen LogP contribution in [0.2, 0.25) is 0 Å². The first-order valence-electron chi connectivity index (χ1n) is 4.96. The van der Waals surface area contributed by atoms with Gasteiger partial charge in [0.2, 0.25) is 0 Å². The third-order valence-corrected chi connectivity index (χ3v) is 2.97. The van der Waals surface area contributed by atoms with Gasteiger partial charge in [0.05, 0.1) is 0 Å². The highest BCUT2D eigenvalue weighted by atomic mass is 32.2. The molecular formula is C12H13N3S. The van der Waals surface area contributed by atoms with Crippen LogP contribution >= 0.6 is 11.8 Å². The molecule has 0 amide bonds. The number of hydrogen-bond donors (Lipinski definition) is 0. The van der Waals surface area contributed by atoms with Crippen molar-refractivity contribution in [2.24, 2.45) is 0 Å². The van der Waals surface area contributed by atoms with Gasteiger partial charge in [-0.15, -0.1) is 11.8 Å². The van der Waals surface area contributed by atoms with E-state index in [1.807, 2.05) is 42.5 Å². The summed E-state index contributed by atoms with van der Waals surface area (Å²) in [5.41, 5.74) is 1.12. The Morgan fingerprint density at radius 1 is 1.12 bits per heavy atom. The SMILES string of the molecule is CSc1cc(N(C)c2ccccc2)ncn1. The fourth-order valence-corrected chi connectivity index (χ4v) is 1.78. The van der Waals surface area contributed by atoms with E-state index >= 15 is 0 Å². The summed E-state index contributed by atoms with van der Waals surface area (Å²) in [6.07, 6.45) is 3.61. The minimum atomic E-state index is 0.908. The van der Waals surface area contributed by atoms with Crippen LogP contribution < -0.4 is 4.90 Å². The first-order chi connectivity index (χ1) is 7.81. The van der Waals surface area contributed by atoms with E-state index in [1.54, 1.807) is 18.1 Å². The number of hydrogen-bond acceptors (Lipinski definition) is 4. The van der Waals surface area contributed by atoms with Crippen LogP contribution in [0.3, 0.4) is 0 Å². The summed E-state index contributed by atoms with van der Waals surface area (Å²) in [4.78, 5) is 10.5. The van der Waals surface area contributed by atoms with E-state index in [1.165, 1.54) is 0 Å². The van der Waals surface area contributed by atoms with Crippen LogP contribution in [0, 0.1) is 0 Å². The standard InChI is InChI=1S/C12H13N3S/c1-15(10-6-4-3-5-7-10)11-8-12(16-2)14-9-13-11/h3-9H,1-2H3. The third-order valence-electron chi connectivity index (χ3n) is 2.32. The normalized spacial score (nSPS) is 10.1. The Bertz CT molecular complexity index is 459. The van der Waals surface area contributed by atoms with Gasteiger partial charge in [-0.2, -0.15) is 0 Å². The van der Waals surface area contributed by atoms with Crippen LogP contribution in [0.25, 0.3) is 0 Å². The van der Waals surface area contributed by atoms with E-state index in [0.717, 1.165) is 16.5 Å². The van der Waals surface area contributed by atoms with Gasteiger partial charge < -0.3 is 4.90 Å². The molecule has 0 saturated heterocycles. The van der Waals surface area contributed by atoms with Crippen molar-refractivity contribution in [3.63, 3.8) is 0 Å². The molecule has 1 aromatic carbocycles. The quantitative estimate of drug-likeness (QED) is 0.600. The van der Waals surface area contributed by atoms with Gasteiger partial charge in [0, 0.05) is 18.8 Å². The second-order valence-corrected chi connectivity index (χ2v) is 4.14. The molecule has 82 valence electrons. The van der Waals surface area contributed by atoms with Gasteiger partial charge in [0.25, 0.3) is 0 Å².